The quantitative estimate of drug-likeness (QED) is 0.475. The summed E-state index contributed by atoms with van der Waals surface area (Å²) in [5.74, 6) is 0.272. The first-order valence-electron chi connectivity index (χ1n) is 8.41. The molecule has 0 spiro atoms. The fourth-order valence-electron chi connectivity index (χ4n) is 2.60. The van der Waals surface area contributed by atoms with E-state index >= 15 is 0 Å². The highest BCUT2D eigenvalue weighted by Gasteiger charge is 2.34. The Hall–Kier alpha value is -2.50. The summed E-state index contributed by atoms with van der Waals surface area (Å²) in [4.78, 5) is 26.5. The third kappa shape index (κ3) is 4.81. The smallest absolute Gasteiger partial charge is 0.293 e. The highest BCUT2D eigenvalue weighted by atomic mass is 35.5. The van der Waals surface area contributed by atoms with Crippen LogP contribution >= 0.6 is 23.4 Å². The number of halogens is 1. The molecule has 6 heteroatoms. The van der Waals surface area contributed by atoms with E-state index in [0.717, 1.165) is 22.9 Å². The molecule has 3 rings (SSSR count). The number of carbonyl (C=O) groups is 2. The van der Waals surface area contributed by atoms with Crippen molar-refractivity contribution in [1.29, 1.82) is 0 Å². The van der Waals surface area contributed by atoms with E-state index in [1.54, 1.807) is 30.4 Å². The molecular formula is C21H18ClNO3S. The molecule has 1 fully saturated rings. The van der Waals surface area contributed by atoms with Gasteiger partial charge in [0.15, 0.2) is 0 Å². The van der Waals surface area contributed by atoms with Gasteiger partial charge in [0.25, 0.3) is 11.1 Å². The topological polar surface area (TPSA) is 46.6 Å². The van der Waals surface area contributed by atoms with Crippen LogP contribution in [0.2, 0.25) is 5.02 Å². The molecule has 2 aromatic carbocycles. The number of ether oxygens (including phenoxy) is 1. The number of hydrogen-bond acceptors (Lipinski definition) is 4. The Morgan fingerprint density at radius 3 is 2.63 bits per heavy atom. The number of thioether (sulfide) groups is 1. The summed E-state index contributed by atoms with van der Waals surface area (Å²) in [7, 11) is 0. The van der Waals surface area contributed by atoms with Gasteiger partial charge in [0.05, 0.1) is 9.93 Å². The second kappa shape index (κ2) is 8.93. The first-order valence-corrected chi connectivity index (χ1v) is 9.60. The second-order valence-corrected chi connectivity index (χ2v) is 7.26. The van der Waals surface area contributed by atoms with Crippen molar-refractivity contribution >= 4 is 40.6 Å². The van der Waals surface area contributed by atoms with E-state index in [4.69, 9.17) is 16.3 Å². The van der Waals surface area contributed by atoms with Crippen LogP contribution in [0, 0.1) is 0 Å². The number of benzene rings is 2. The van der Waals surface area contributed by atoms with Gasteiger partial charge in [-0.05, 0) is 47.5 Å². The molecule has 0 aliphatic carbocycles. The molecule has 0 aromatic heterocycles. The zero-order valence-electron chi connectivity index (χ0n) is 14.6. The molecule has 1 saturated heterocycles. The fraction of sp³-hybridized carbons (Fsp3) is 0.143. The number of rotatable bonds is 7. The van der Waals surface area contributed by atoms with Crippen molar-refractivity contribution in [2.45, 2.75) is 6.42 Å². The van der Waals surface area contributed by atoms with E-state index in [-0.39, 0.29) is 11.1 Å². The fourth-order valence-corrected chi connectivity index (χ4v) is 3.71. The largest absolute Gasteiger partial charge is 0.488 e. The Morgan fingerprint density at radius 2 is 1.93 bits per heavy atom. The summed E-state index contributed by atoms with van der Waals surface area (Å²) in [5, 5.41) is 0.188. The van der Waals surface area contributed by atoms with Gasteiger partial charge >= 0.3 is 0 Å². The summed E-state index contributed by atoms with van der Waals surface area (Å²) in [6.45, 7) is 4.32. The zero-order valence-corrected chi connectivity index (χ0v) is 16.1. The third-order valence-corrected chi connectivity index (χ3v) is 5.15. The van der Waals surface area contributed by atoms with Crippen LogP contribution in [-0.2, 0) is 11.2 Å². The highest BCUT2D eigenvalue weighted by molar-refractivity contribution is 8.18. The van der Waals surface area contributed by atoms with Crippen LogP contribution in [0.4, 0.5) is 4.79 Å². The first-order chi connectivity index (χ1) is 13.1. The normalized spacial score (nSPS) is 15.4. The number of nitrogens with zero attached hydrogens (tertiary/aromatic N) is 1. The summed E-state index contributed by atoms with van der Waals surface area (Å²) >= 11 is 7.15. The Morgan fingerprint density at radius 1 is 1.15 bits per heavy atom. The molecule has 138 valence electrons. The van der Waals surface area contributed by atoms with Crippen molar-refractivity contribution in [3.63, 3.8) is 0 Å². The molecule has 0 bridgehead atoms. The Balaban J connectivity index is 1.70. The third-order valence-electron chi connectivity index (χ3n) is 3.95. The van der Waals surface area contributed by atoms with Gasteiger partial charge in [-0.2, -0.15) is 0 Å². The molecular weight excluding hydrogens is 382 g/mol. The van der Waals surface area contributed by atoms with Crippen LogP contribution in [-0.4, -0.2) is 29.2 Å². The molecule has 0 radical (unpaired) electrons. The number of hydrogen-bond donors (Lipinski definition) is 0. The monoisotopic (exact) mass is 399 g/mol. The van der Waals surface area contributed by atoms with Crippen molar-refractivity contribution in [3.05, 3.63) is 82.2 Å². The minimum absolute atomic E-state index is 0.251. The van der Waals surface area contributed by atoms with E-state index in [9.17, 15) is 9.59 Å². The molecule has 0 unspecified atom stereocenters. The van der Waals surface area contributed by atoms with Gasteiger partial charge in [-0.15, -0.1) is 0 Å². The van der Waals surface area contributed by atoms with Crippen LogP contribution in [0.25, 0.3) is 6.08 Å². The Labute approximate surface area is 167 Å². The number of imide groups is 1. The van der Waals surface area contributed by atoms with Crippen LogP contribution in [0.3, 0.4) is 0 Å². The molecule has 0 atom stereocenters. The lowest BCUT2D eigenvalue weighted by atomic mass is 10.1. The van der Waals surface area contributed by atoms with E-state index in [1.807, 2.05) is 30.3 Å². The lowest BCUT2D eigenvalue weighted by Gasteiger charge is -2.12. The van der Waals surface area contributed by atoms with E-state index in [1.165, 1.54) is 4.90 Å². The average molecular weight is 400 g/mol. The van der Waals surface area contributed by atoms with E-state index < -0.39 is 0 Å². The zero-order chi connectivity index (χ0) is 19.2. The number of amides is 2. The van der Waals surface area contributed by atoms with Crippen molar-refractivity contribution in [2.24, 2.45) is 0 Å². The molecule has 27 heavy (non-hydrogen) atoms. The van der Waals surface area contributed by atoms with Gasteiger partial charge in [-0.1, -0.05) is 60.7 Å². The maximum atomic E-state index is 12.6. The summed E-state index contributed by atoms with van der Waals surface area (Å²) in [6.07, 6.45) is 3.94. The van der Waals surface area contributed by atoms with E-state index in [0.29, 0.717) is 35.2 Å². The molecule has 2 aromatic rings. The van der Waals surface area contributed by atoms with E-state index in [2.05, 4.69) is 6.58 Å². The van der Waals surface area contributed by atoms with Crippen LogP contribution < -0.4 is 4.74 Å². The predicted molar refractivity (Wildman–Crippen MR) is 110 cm³/mol. The lowest BCUT2D eigenvalue weighted by molar-refractivity contribution is -0.122. The molecule has 0 N–H and O–H groups in total. The van der Waals surface area contributed by atoms with Crippen molar-refractivity contribution < 1.29 is 14.3 Å². The summed E-state index contributed by atoms with van der Waals surface area (Å²) < 4.78 is 5.43. The van der Waals surface area contributed by atoms with Gasteiger partial charge in [0, 0.05) is 6.54 Å². The molecule has 0 saturated carbocycles. The molecule has 2 amide bonds. The average Bonchev–Trinajstić information content (AvgIpc) is 2.93. The standard InChI is InChI=1S/C21H18ClNO3S/c1-2-12-26-18-9-8-16(13-17(18)22)14-19-20(24)23(21(25)27-19)11-10-15-6-4-3-5-7-15/h2-9,13-14H,1,10-12H2/b19-14-. The summed E-state index contributed by atoms with van der Waals surface area (Å²) in [5.41, 5.74) is 1.82. The van der Waals surface area contributed by atoms with Crippen molar-refractivity contribution in [3.8, 4) is 5.75 Å². The Kier molecular flexibility index (Phi) is 6.37. The number of carbonyl (C=O) groups excluding carboxylic acids is 2. The molecule has 4 nitrogen and oxygen atoms in total. The Bertz CT molecular complexity index is 896. The molecule has 1 aliphatic rings. The molecule has 1 aliphatic heterocycles. The van der Waals surface area contributed by atoms with Gasteiger partial charge in [-0.3, -0.25) is 14.5 Å². The van der Waals surface area contributed by atoms with Gasteiger partial charge in [-0.25, -0.2) is 0 Å². The van der Waals surface area contributed by atoms with Crippen molar-refractivity contribution in [2.75, 3.05) is 13.2 Å². The SMILES string of the molecule is C=CCOc1ccc(/C=C2\SC(=O)N(CCc3ccccc3)C2=O)cc1Cl. The van der Waals surface area contributed by atoms with Crippen LogP contribution in [0.5, 0.6) is 5.75 Å². The predicted octanol–water partition coefficient (Wildman–Crippen LogP) is 5.18. The lowest BCUT2D eigenvalue weighted by Crippen LogP contribution is -2.30. The van der Waals surface area contributed by atoms with Gasteiger partial charge in [0.2, 0.25) is 0 Å². The summed E-state index contributed by atoms with van der Waals surface area (Å²) in [6, 6.07) is 15.0. The minimum atomic E-state index is -0.274. The molecule has 1 heterocycles. The van der Waals surface area contributed by atoms with Gasteiger partial charge in [0.1, 0.15) is 12.4 Å². The first kappa shape index (κ1) is 19.3. The van der Waals surface area contributed by atoms with Crippen molar-refractivity contribution in [1.82, 2.24) is 4.90 Å². The van der Waals surface area contributed by atoms with Crippen LogP contribution in [0.1, 0.15) is 11.1 Å². The minimum Gasteiger partial charge on any atom is -0.488 e. The highest BCUT2D eigenvalue weighted by Crippen LogP contribution is 2.33. The van der Waals surface area contributed by atoms with Gasteiger partial charge < -0.3 is 4.74 Å². The second-order valence-electron chi connectivity index (χ2n) is 5.86. The maximum Gasteiger partial charge on any atom is 0.293 e. The maximum absolute atomic E-state index is 12.6. The van der Waals surface area contributed by atoms with Crippen LogP contribution in [0.15, 0.2) is 66.1 Å².